The number of benzene rings is 1. The summed E-state index contributed by atoms with van der Waals surface area (Å²) >= 11 is 9.43. The molecule has 1 heterocycles. The lowest BCUT2D eigenvalue weighted by atomic mass is 10.0. The summed E-state index contributed by atoms with van der Waals surface area (Å²) in [5, 5.41) is 3.80. The van der Waals surface area contributed by atoms with Crippen LogP contribution in [0, 0.1) is 13.8 Å². The summed E-state index contributed by atoms with van der Waals surface area (Å²) in [5.74, 6) is 0. The molecule has 1 N–H and O–H groups in total. The van der Waals surface area contributed by atoms with Crippen LogP contribution in [-0.4, -0.2) is 4.98 Å². The van der Waals surface area contributed by atoms with E-state index in [1.165, 1.54) is 16.7 Å². The highest BCUT2D eigenvalue weighted by molar-refractivity contribution is 9.10. The maximum Gasteiger partial charge on any atom is 0.152 e. The van der Waals surface area contributed by atoms with Gasteiger partial charge < -0.3 is 5.32 Å². The van der Waals surface area contributed by atoms with Crippen molar-refractivity contribution in [2.75, 3.05) is 5.32 Å². The first-order valence-corrected chi connectivity index (χ1v) is 6.85. The van der Waals surface area contributed by atoms with E-state index in [-0.39, 0.29) is 0 Å². The van der Waals surface area contributed by atoms with Gasteiger partial charge in [-0.1, -0.05) is 29.8 Å². The van der Waals surface area contributed by atoms with Crippen LogP contribution in [0.25, 0.3) is 0 Å². The van der Waals surface area contributed by atoms with Crippen LogP contribution in [0.1, 0.15) is 16.7 Å². The minimum Gasteiger partial charge on any atom is -0.378 e. The number of nitrogens with one attached hydrogen (secondary N) is 1. The van der Waals surface area contributed by atoms with Crippen LogP contribution in [0.4, 0.5) is 5.69 Å². The molecule has 2 aromatic rings. The number of anilines is 1. The van der Waals surface area contributed by atoms with Gasteiger partial charge in [0.25, 0.3) is 0 Å². The van der Waals surface area contributed by atoms with Gasteiger partial charge in [0.15, 0.2) is 5.15 Å². The third kappa shape index (κ3) is 3.03. The van der Waals surface area contributed by atoms with Gasteiger partial charge in [-0.3, -0.25) is 0 Å². The van der Waals surface area contributed by atoms with Crippen LogP contribution in [0.2, 0.25) is 5.15 Å². The van der Waals surface area contributed by atoms with Crippen LogP contribution in [0.15, 0.2) is 34.9 Å². The molecule has 0 amide bonds. The summed E-state index contributed by atoms with van der Waals surface area (Å²) in [4.78, 5) is 4.09. The van der Waals surface area contributed by atoms with Crippen molar-refractivity contribution in [3.8, 4) is 0 Å². The van der Waals surface area contributed by atoms with Crippen LogP contribution >= 0.6 is 27.5 Å². The Hall–Kier alpha value is -1.06. The van der Waals surface area contributed by atoms with Crippen LogP contribution < -0.4 is 5.32 Å². The minimum atomic E-state index is 0.489. The Bertz CT molecular complexity index is 568. The van der Waals surface area contributed by atoms with E-state index >= 15 is 0 Å². The van der Waals surface area contributed by atoms with E-state index in [9.17, 15) is 0 Å². The van der Waals surface area contributed by atoms with Gasteiger partial charge >= 0.3 is 0 Å². The lowest BCUT2D eigenvalue weighted by Gasteiger charge is -2.11. The maximum absolute atomic E-state index is 6.04. The molecule has 4 heteroatoms. The number of pyridine rings is 1. The van der Waals surface area contributed by atoms with E-state index in [2.05, 4.69) is 58.3 Å². The molecule has 1 aromatic heterocycles. The first-order valence-electron chi connectivity index (χ1n) is 5.68. The summed E-state index contributed by atoms with van der Waals surface area (Å²) in [6.45, 7) is 4.99. The van der Waals surface area contributed by atoms with Gasteiger partial charge in [0.05, 0.1) is 5.69 Å². The normalized spacial score (nSPS) is 10.4. The van der Waals surface area contributed by atoms with Crippen molar-refractivity contribution < 1.29 is 0 Å². The fourth-order valence-corrected chi connectivity index (χ4v) is 2.24. The van der Waals surface area contributed by atoms with E-state index in [1.54, 1.807) is 6.20 Å². The summed E-state index contributed by atoms with van der Waals surface area (Å²) in [6, 6.07) is 8.24. The third-order valence-corrected chi connectivity index (χ3v) is 3.73. The van der Waals surface area contributed by atoms with Gasteiger partial charge in [0.2, 0.25) is 0 Å². The number of hydrogen-bond donors (Lipinski definition) is 1. The largest absolute Gasteiger partial charge is 0.378 e. The molecule has 1 aromatic carbocycles. The molecule has 0 spiro atoms. The molecular formula is C14H14BrClN2. The number of rotatable bonds is 3. The zero-order chi connectivity index (χ0) is 13.1. The van der Waals surface area contributed by atoms with Gasteiger partial charge in [-0.2, -0.15) is 0 Å². The standard InChI is InChI=1S/C14H14BrClN2/c1-9-4-3-5-11(10(9)2)7-17-13-6-12(15)8-18-14(13)16/h3-6,8,17H,7H2,1-2H3. The van der Waals surface area contributed by atoms with E-state index in [0.717, 1.165) is 16.7 Å². The van der Waals surface area contributed by atoms with Crippen LogP contribution in [-0.2, 0) is 6.54 Å². The van der Waals surface area contributed by atoms with Crippen molar-refractivity contribution in [2.24, 2.45) is 0 Å². The van der Waals surface area contributed by atoms with E-state index in [4.69, 9.17) is 11.6 Å². The van der Waals surface area contributed by atoms with Crippen LogP contribution in [0.3, 0.4) is 0 Å². The number of aryl methyl sites for hydroxylation is 1. The number of aromatic nitrogens is 1. The number of hydrogen-bond acceptors (Lipinski definition) is 2. The quantitative estimate of drug-likeness (QED) is 0.825. The Morgan fingerprint density at radius 2 is 2.11 bits per heavy atom. The molecule has 2 rings (SSSR count). The van der Waals surface area contributed by atoms with E-state index < -0.39 is 0 Å². The Morgan fingerprint density at radius 1 is 1.33 bits per heavy atom. The molecule has 18 heavy (non-hydrogen) atoms. The summed E-state index contributed by atoms with van der Waals surface area (Å²) in [5.41, 5.74) is 4.72. The molecule has 0 aliphatic carbocycles. The van der Waals surface area contributed by atoms with Gasteiger partial charge in [0.1, 0.15) is 0 Å². The van der Waals surface area contributed by atoms with Crippen molar-refractivity contribution in [3.63, 3.8) is 0 Å². The van der Waals surface area contributed by atoms with Crippen molar-refractivity contribution >= 4 is 33.2 Å². The zero-order valence-electron chi connectivity index (χ0n) is 10.3. The molecule has 0 bridgehead atoms. The fraction of sp³-hybridized carbons (Fsp3) is 0.214. The summed E-state index contributed by atoms with van der Waals surface area (Å²) in [6.07, 6.45) is 1.69. The average molecular weight is 326 g/mol. The molecule has 0 radical (unpaired) electrons. The number of halogens is 2. The monoisotopic (exact) mass is 324 g/mol. The first kappa shape index (κ1) is 13.4. The molecule has 0 saturated heterocycles. The molecule has 0 fully saturated rings. The molecule has 0 saturated carbocycles. The number of nitrogens with zero attached hydrogens (tertiary/aromatic N) is 1. The average Bonchev–Trinajstić information content (AvgIpc) is 2.35. The van der Waals surface area contributed by atoms with Gasteiger partial charge in [0, 0.05) is 17.2 Å². The van der Waals surface area contributed by atoms with Crippen molar-refractivity contribution in [1.82, 2.24) is 4.98 Å². The highest BCUT2D eigenvalue weighted by Crippen LogP contribution is 2.24. The van der Waals surface area contributed by atoms with E-state index in [0.29, 0.717) is 5.15 Å². The molecule has 0 aliphatic rings. The SMILES string of the molecule is Cc1cccc(CNc2cc(Br)cnc2Cl)c1C. The minimum absolute atomic E-state index is 0.489. The molecule has 0 unspecified atom stereocenters. The maximum atomic E-state index is 6.04. The Balaban J connectivity index is 2.16. The van der Waals surface area contributed by atoms with Gasteiger partial charge in [-0.25, -0.2) is 4.98 Å². The summed E-state index contributed by atoms with van der Waals surface area (Å²) < 4.78 is 0.912. The molecule has 94 valence electrons. The van der Waals surface area contributed by atoms with E-state index in [1.807, 2.05) is 6.07 Å². The summed E-state index contributed by atoms with van der Waals surface area (Å²) in [7, 11) is 0. The van der Waals surface area contributed by atoms with Crippen molar-refractivity contribution in [2.45, 2.75) is 20.4 Å². The fourth-order valence-electron chi connectivity index (χ4n) is 1.74. The van der Waals surface area contributed by atoms with Crippen molar-refractivity contribution in [1.29, 1.82) is 0 Å². The van der Waals surface area contributed by atoms with Crippen LogP contribution in [0.5, 0.6) is 0 Å². The second-order valence-corrected chi connectivity index (χ2v) is 5.48. The highest BCUT2D eigenvalue weighted by Gasteiger charge is 2.04. The Labute approximate surface area is 121 Å². The molecule has 0 atom stereocenters. The smallest absolute Gasteiger partial charge is 0.152 e. The van der Waals surface area contributed by atoms with Crippen molar-refractivity contribution in [3.05, 3.63) is 56.8 Å². The second-order valence-electron chi connectivity index (χ2n) is 4.20. The predicted molar refractivity (Wildman–Crippen MR) is 80.2 cm³/mol. The zero-order valence-corrected chi connectivity index (χ0v) is 12.6. The predicted octanol–water partition coefficient (Wildman–Crippen LogP) is 4.73. The lowest BCUT2D eigenvalue weighted by Crippen LogP contribution is -2.03. The molecule has 2 nitrogen and oxygen atoms in total. The second kappa shape index (κ2) is 5.72. The third-order valence-electron chi connectivity index (χ3n) is 2.99. The molecular weight excluding hydrogens is 312 g/mol. The highest BCUT2D eigenvalue weighted by atomic mass is 79.9. The topological polar surface area (TPSA) is 24.9 Å². The van der Waals surface area contributed by atoms with Gasteiger partial charge in [-0.05, 0) is 52.5 Å². The Kier molecular flexibility index (Phi) is 4.25. The van der Waals surface area contributed by atoms with Gasteiger partial charge in [-0.15, -0.1) is 0 Å². The lowest BCUT2D eigenvalue weighted by molar-refractivity contribution is 1.10. The molecule has 0 aliphatic heterocycles. The Morgan fingerprint density at radius 3 is 2.89 bits per heavy atom. The first-order chi connectivity index (χ1) is 8.58.